The minimum atomic E-state index is -3.49. The zero-order chi connectivity index (χ0) is 16.2. The highest BCUT2D eigenvalue weighted by Crippen LogP contribution is 2.24. The van der Waals surface area contributed by atoms with Crippen molar-refractivity contribution in [2.75, 3.05) is 11.1 Å². The van der Waals surface area contributed by atoms with E-state index in [0.29, 0.717) is 0 Å². The summed E-state index contributed by atoms with van der Waals surface area (Å²) in [5, 5.41) is 12.2. The second kappa shape index (κ2) is 6.62. The lowest BCUT2D eigenvalue weighted by Crippen LogP contribution is -2.17. The average molecular weight is 319 g/mol. The Bertz CT molecular complexity index is 770. The number of phenols is 1. The van der Waals surface area contributed by atoms with Crippen LogP contribution in [0.25, 0.3) is 0 Å². The van der Waals surface area contributed by atoms with Gasteiger partial charge >= 0.3 is 0 Å². The number of aryl methyl sites for hydroxylation is 1. The molecular formula is C16H17NO4S. The summed E-state index contributed by atoms with van der Waals surface area (Å²) in [5.41, 5.74) is 1.16. The summed E-state index contributed by atoms with van der Waals surface area (Å²) in [5.74, 6) is -0.791. The Morgan fingerprint density at radius 1 is 1.14 bits per heavy atom. The Hall–Kier alpha value is -2.34. The van der Waals surface area contributed by atoms with Crippen LogP contribution in [0.15, 0.2) is 53.4 Å². The van der Waals surface area contributed by atoms with Gasteiger partial charge in [-0.1, -0.05) is 24.3 Å². The smallest absolute Gasteiger partial charge is 0.225 e. The number of aromatic hydroxyl groups is 1. The summed E-state index contributed by atoms with van der Waals surface area (Å²) in [6.07, 6.45) is -0.176. The third kappa shape index (κ3) is 4.08. The molecule has 2 rings (SSSR count). The van der Waals surface area contributed by atoms with Crippen molar-refractivity contribution in [2.24, 2.45) is 0 Å². The molecule has 0 aliphatic carbocycles. The van der Waals surface area contributed by atoms with E-state index in [1.165, 1.54) is 18.2 Å². The third-order valence-electron chi connectivity index (χ3n) is 3.13. The number of phenolic OH excluding ortho intramolecular Hbond substituents is 1. The van der Waals surface area contributed by atoms with Crippen LogP contribution in [0, 0.1) is 6.92 Å². The van der Waals surface area contributed by atoms with Crippen molar-refractivity contribution in [3.63, 3.8) is 0 Å². The van der Waals surface area contributed by atoms with E-state index >= 15 is 0 Å². The van der Waals surface area contributed by atoms with Crippen LogP contribution in [0.1, 0.15) is 12.0 Å². The molecule has 0 aliphatic rings. The van der Waals surface area contributed by atoms with Crippen molar-refractivity contribution < 1.29 is 18.3 Å². The van der Waals surface area contributed by atoms with Crippen molar-refractivity contribution in [3.05, 3.63) is 54.1 Å². The molecule has 6 heteroatoms. The number of sulfone groups is 1. The van der Waals surface area contributed by atoms with Crippen molar-refractivity contribution in [1.82, 2.24) is 0 Å². The molecule has 2 aromatic carbocycles. The first-order valence-corrected chi connectivity index (χ1v) is 8.41. The Morgan fingerprint density at radius 3 is 2.50 bits per heavy atom. The van der Waals surface area contributed by atoms with Gasteiger partial charge in [0.25, 0.3) is 0 Å². The highest BCUT2D eigenvalue weighted by Gasteiger charge is 2.16. The SMILES string of the molecule is Cc1ccc(O)c(NC(=O)CCS(=O)(=O)c2ccccc2)c1. The molecule has 0 heterocycles. The number of amides is 1. The van der Waals surface area contributed by atoms with Crippen LogP contribution < -0.4 is 5.32 Å². The van der Waals surface area contributed by atoms with Crippen LogP contribution in [-0.2, 0) is 14.6 Å². The molecule has 1 amide bonds. The van der Waals surface area contributed by atoms with Gasteiger partial charge in [0.2, 0.25) is 5.91 Å². The number of nitrogens with one attached hydrogen (secondary N) is 1. The molecule has 2 aromatic rings. The Kier molecular flexibility index (Phi) is 4.82. The fourth-order valence-electron chi connectivity index (χ4n) is 1.94. The van der Waals surface area contributed by atoms with Crippen LogP contribution in [0.5, 0.6) is 5.75 Å². The monoisotopic (exact) mass is 319 g/mol. The van der Waals surface area contributed by atoms with E-state index in [4.69, 9.17) is 0 Å². The quantitative estimate of drug-likeness (QED) is 0.829. The summed E-state index contributed by atoms with van der Waals surface area (Å²) in [6.45, 7) is 1.83. The molecule has 0 saturated carbocycles. The minimum absolute atomic E-state index is 0.0510. The molecular weight excluding hydrogens is 302 g/mol. The van der Waals surface area contributed by atoms with Crippen LogP contribution in [-0.4, -0.2) is 25.2 Å². The molecule has 116 valence electrons. The van der Waals surface area contributed by atoms with Crippen LogP contribution in [0.2, 0.25) is 0 Å². The first-order valence-electron chi connectivity index (χ1n) is 6.76. The molecule has 0 aromatic heterocycles. The van der Waals surface area contributed by atoms with Gasteiger partial charge in [-0.3, -0.25) is 4.79 Å². The number of hydrogen-bond donors (Lipinski definition) is 2. The second-order valence-corrected chi connectivity index (χ2v) is 7.06. The van der Waals surface area contributed by atoms with Crippen LogP contribution in [0.4, 0.5) is 5.69 Å². The average Bonchev–Trinajstić information content (AvgIpc) is 2.50. The number of rotatable bonds is 5. The van der Waals surface area contributed by atoms with Crippen molar-refractivity contribution in [2.45, 2.75) is 18.2 Å². The van der Waals surface area contributed by atoms with Gasteiger partial charge in [0, 0.05) is 6.42 Å². The first-order chi connectivity index (χ1) is 10.4. The lowest BCUT2D eigenvalue weighted by Gasteiger charge is -2.08. The molecule has 0 radical (unpaired) electrons. The topological polar surface area (TPSA) is 83.5 Å². The van der Waals surface area contributed by atoms with Crippen molar-refractivity contribution in [3.8, 4) is 5.75 Å². The lowest BCUT2D eigenvalue weighted by atomic mass is 10.2. The Morgan fingerprint density at radius 2 is 1.82 bits per heavy atom. The van der Waals surface area contributed by atoms with Crippen molar-refractivity contribution in [1.29, 1.82) is 0 Å². The fraction of sp³-hybridized carbons (Fsp3) is 0.188. The molecule has 2 N–H and O–H groups in total. The Labute approximate surface area is 129 Å². The summed E-state index contributed by atoms with van der Waals surface area (Å²) < 4.78 is 24.2. The van der Waals surface area contributed by atoms with E-state index < -0.39 is 15.7 Å². The molecule has 22 heavy (non-hydrogen) atoms. The van der Waals surface area contributed by atoms with E-state index in [0.717, 1.165) is 5.56 Å². The number of anilines is 1. The fourth-order valence-corrected chi connectivity index (χ4v) is 3.20. The van der Waals surface area contributed by atoms with Gasteiger partial charge in [-0.2, -0.15) is 0 Å². The molecule has 0 bridgehead atoms. The van der Waals surface area contributed by atoms with Crippen LogP contribution >= 0.6 is 0 Å². The standard InChI is InChI=1S/C16H17NO4S/c1-12-7-8-15(18)14(11-12)17-16(19)9-10-22(20,21)13-5-3-2-4-6-13/h2-8,11,18H,9-10H2,1H3,(H,17,19). The number of benzene rings is 2. The maximum absolute atomic E-state index is 12.1. The molecule has 5 nitrogen and oxygen atoms in total. The number of hydrogen-bond acceptors (Lipinski definition) is 4. The van der Waals surface area contributed by atoms with E-state index in [1.807, 2.05) is 6.92 Å². The van der Waals surface area contributed by atoms with Gasteiger partial charge in [0.05, 0.1) is 16.3 Å². The van der Waals surface area contributed by atoms with Gasteiger partial charge in [-0.15, -0.1) is 0 Å². The van der Waals surface area contributed by atoms with Gasteiger partial charge in [0.1, 0.15) is 5.75 Å². The zero-order valence-electron chi connectivity index (χ0n) is 12.1. The Balaban J connectivity index is 2.00. The maximum Gasteiger partial charge on any atom is 0.225 e. The molecule has 0 aliphatic heterocycles. The summed E-state index contributed by atoms with van der Waals surface area (Å²) in [4.78, 5) is 12.1. The second-order valence-electron chi connectivity index (χ2n) is 4.95. The number of carbonyl (C=O) groups excluding carboxylic acids is 1. The van der Waals surface area contributed by atoms with Gasteiger partial charge in [-0.05, 0) is 36.8 Å². The van der Waals surface area contributed by atoms with E-state index in [9.17, 15) is 18.3 Å². The minimum Gasteiger partial charge on any atom is -0.506 e. The summed E-state index contributed by atoms with van der Waals surface area (Å²) in [7, 11) is -3.49. The largest absolute Gasteiger partial charge is 0.506 e. The predicted octanol–water partition coefficient (Wildman–Crippen LogP) is 2.50. The molecule has 0 spiro atoms. The summed E-state index contributed by atoms with van der Waals surface area (Å²) in [6, 6.07) is 12.8. The lowest BCUT2D eigenvalue weighted by molar-refractivity contribution is -0.115. The number of carbonyl (C=O) groups is 1. The molecule has 0 fully saturated rings. The molecule has 0 atom stereocenters. The van der Waals surface area contributed by atoms with E-state index in [2.05, 4.69) is 5.32 Å². The highest BCUT2D eigenvalue weighted by atomic mass is 32.2. The van der Waals surface area contributed by atoms with Crippen LogP contribution in [0.3, 0.4) is 0 Å². The molecule has 0 saturated heterocycles. The van der Waals surface area contributed by atoms with Gasteiger partial charge in [-0.25, -0.2) is 8.42 Å². The normalized spacial score (nSPS) is 11.1. The van der Waals surface area contributed by atoms with Gasteiger partial charge in [0.15, 0.2) is 9.84 Å². The zero-order valence-corrected chi connectivity index (χ0v) is 12.9. The summed E-state index contributed by atoms with van der Waals surface area (Å²) >= 11 is 0. The van der Waals surface area contributed by atoms with E-state index in [1.54, 1.807) is 30.3 Å². The van der Waals surface area contributed by atoms with E-state index in [-0.39, 0.29) is 28.5 Å². The highest BCUT2D eigenvalue weighted by molar-refractivity contribution is 7.91. The third-order valence-corrected chi connectivity index (χ3v) is 4.86. The molecule has 0 unspecified atom stereocenters. The first kappa shape index (κ1) is 16.0. The van der Waals surface area contributed by atoms with Gasteiger partial charge < -0.3 is 10.4 Å². The van der Waals surface area contributed by atoms with Crippen molar-refractivity contribution >= 4 is 21.4 Å². The maximum atomic E-state index is 12.1. The predicted molar refractivity (Wildman–Crippen MR) is 84.6 cm³/mol.